The fourth-order valence-corrected chi connectivity index (χ4v) is 4.13. The molecule has 2 rings (SSSR count). The molecule has 4 nitrogen and oxygen atoms in total. The number of benzene rings is 1. The molecule has 1 atom stereocenters. The summed E-state index contributed by atoms with van der Waals surface area (Å²) in [6.07, 6.45) is -4.53. The summed E-state index contributed by atoms with van der Waals surface area (Å²) in [4.78, 5) is 0. The van der Waals surface area contributed by atoms with Crippen molar-refractivity contribution in [3.63, 3.8) is 0 Å². The van der Waals surface area contributed by atoms with Gasteiger partial charge in [0.1, 0.15) is 5.75 Å². The molecule has 1 aromatic carbocycles. The number of rotatable bonds is 3. The standard InChI is InChI=1S/C12H13F3O4S/c13-12(14,15)19-10-3-1-9(2-4-10)7-11(16)5-6-20(17,18)8-11/h1-4,16H,5-8H2. The van der Waals surface area contributed by atoms with Crippen LogP contribution in [0.4, 0.5) is 13.2 Å². The second-order valence-electron chi connectivity index (χ2n) is 4.93. The molecule has 0 radical (unpaired) electrons. The highest BCUT2D eigenvalue weighted by atomic mass is 32.2. The van der Waals surface area contributed by atoms with Gasteiger partial charge in [0.15, 0.2) is 9.84 Å². The number of sulfone groups is 1. The number of hydrogen-bond acceptors (Lipinski definition) is 4. The van der Waals surface area contributed by atoms with Crippen molar-refractivity contribution in [2.75, 3.05) is 11.5 Å². The van der Waals surface area contributed by atoms with Gasteiger partial charge in [-0.3, -0.25) is 0 Å². The Morgan fingerprint density at radius 3 is 2.30 bits per heavy atom. The highest BCUT2D eigenvalue weighted by Gasteiger charge is 2.40. The van der Waals surface area contributed by atoms with Gasteiger partial charge >= 0.3 is 6.36 Å². The molecule has 0 spiro atoms. The minimum absolute atomic E-state index is 0.0707. The maximum atomic E-state index is 12.0. The van der Waals surface area contributed by atoms with E-state index in [-0.39, 0.29) is 30.1 Å². The summed E-state index contributed by atoms with van der Waals surface area (Å²) in [7, 11) is -3.23. The highest BCUT2D eigenvalue weighted by molar-refractivity contribution is 7.91. The van der Waals surface area contributed by atoms with E-state index < -0.39 is 21.8 Å². The van der Waals surface area contributed by atoms with E-state index in [0.717, 1.165) is 12.1 Å². The average Bonchev–Trinajstić information content (AvgIpc) is 2.54. The molecular formula is C12H13F3O4S. The van der Waals surface area contributed by atoms with Crippen LogP contribution in [0.2, 0.25) is 0 Å². The Hall–Kier alpha value is -1.28. The van der Waals surface area contributed by atoms with Crippen LogP contribution in [0.25, 0.3) is 0 Å². The number of hydrogen-bond donors (Lipinski definition) is 1. The fraction of sp³-hybridized carbons (Fsp3) is 0.500. The molecule has 8 heteroatoms. The molecule has 0 aliphatic carbocycles. The zero-order chi connectivity index (χ0) is 15.0. The zero-order valence-corrected chi connectivity index (χ0v) is 11.2. The van der Waals surface area contributed by atoms with Crippen molar-refractivity contribution in [3.8, 4) is 5.75 Å². The van der Waals surface area contributed by atoms with Crippen LogP contribution >= 0.6 is 0 Å². The molecule has 1 fully saturated rings. The molecule has 112 valence electrons. The van der Waals surface area contributed by atoms with Gasteiger partial charge in [-0.05, 0) is 24.1 Å². The molecule has 0 saturated carbocycles. The van der Waals surface area contributed by atoms with Crippen molar-refractivity contribution in [2.24, 2.45) is 0 Å². The number of alkyl halides is 3. The van der Waals surface area contributed by atoms with E-state index in [1.165, 1.54) is 12.1 Å². The predicted molar refractivity (Wildman–Crippen MR) is 65.0 cm³/mol. The molecule has 1 N–H and O–H groups in total. The lowest BCUT2D eigenvalue weighted by molar-refractivity contribution is -0.274. The molecule has 0 bridgehead atoms. The average molecular weight is 310 g/mol. The van der Waals surface area contributed by atoms with Crippen molar-refractivity contribution < 1.29 is 31.4 Å². The fourth-order valence-electron chi connectivity index (χ4n) is 2.23. The van der Waals surface area contributed by atoms with Crippen molar-refractivity contribution in [1.82, 2.24) is 0 Å². The number of ether oxygens (including phenoxy) is 1. The molecule has 1 heterocycles. The predicted octanol–water partition coefficient (Wildman–Crippen LogP) is 1.68. The first-order chi connectivity index (χ1) is 9.07. The van der Waals surface area contributed by atoms with E-state index in [2.05, 4.69) is 4.74 Å². The van der Waals surface area contributed by atoms with Gasteiger partial charge in [0.25, 0.3) is 0 Å². The van der Waals surface area contributed by atoms with Gasteiger partial charge in [-0.25, -0.2) is 8.42 Å². The Labute approximate surface area is 114 Å². The van der Waals surface area contributed by atoms with E-state index in [1.54, 1.807) is 0 Å². The molecule has 1 aromatic rings. The SMILES string of the molecule is O=S1(=O)CCC(O)(Cc2ccc(OC(F)(F)F)cc2)C1. The minimum Gasteiger partial charge on any atom is -0.406 e. The maximum Gasteiger partial charge on any atom is 0.573 e. The van der Waals surface area contributed by atoms with Gasteiger partial charge in [-0.15, -0.1) is 13.2 Å². The first-order valence-corrected chi connectivity index (χ1v) is 7.67. The van der Waals surface area contributed by atoms with E-state index in [0.29, 0.717) is 5.56 Å². The van der Waals surface area contributed by atoms with Gasteiger partial charge in [-0.1, -0.05) is 12.1 Å². The largest absolute Gasteiger partial charge is 0.573 e. The van der Waals surface area contributed by atoms with Crippen molar-refractivity contribution in [2.45, 2.75) is 24.8 Å². The third-order valence-electron chi connectivity index (χ3n) is 3.06. The lowest BCUT2D eigenvalue weighted by Gasteiger charge is -2.20. The third kappa shape index (κ3) is 4.11. The molecule has 1 unspecified atom stereocenters. The quantitative estimate of drug-likeness (QED) is 0.922. The van der Waals surface area contributed by atoms with Crippen LogP contribution in [0, 0.1) is 0 Å². The highest BCUT2D eigenvalue weighted by Crippen LogP contribution is 2.28. The monoisotopic (exact) mass is 310 g/mol. The van der Waals surface area contributed by atoms with Gasteiger partial charge in [-0.2, -0.15) is 0 Å². The Kier molecular flexibility index (Phi) is 3.72. The Morgan fingerprint density at radius 2 is 1.85 bits per heavy atom. The summed E-state index contributed by atoms with van der Waals surface area (Å²) in [6, 6.07) is 5.03. The van der Waals surface area contributed by atoms with Crippen molar-refractivity contribution in [3.05, 3.63) is 29.8 Å². The normalized spacial score (nSPS) is 25.6. The molecule has 20 heavy (non-hydrogen) atoms. The molecule has 1 saturated heterocycles. The van der Waals surface area contributed by atoms with Gasteiger partial charge in [0, 0.05) is 6.42 Å². The van der Waals surface area contributed by atoms with Crippen LogP contribution in [0.15, 0.2) is 24.3 Å². The van der Waals surface area contributed by atoms with Crippen LogP contribution in [-0.4, -0.2) is 37.0 Å². The summed E-state index contributed by atoms with van der Waals surface area (Å²) in [5, 5.41) is 10.1. The molecule has 1 aliphatic rings. The Balaban J connectivity index is 2.05. The van der Waals surface area contributed by atoms with Gasteiger partial charge in [0.2, 0.25) is 0 Å². The van der Waals surface area contributed by atoms with Crippen molar-refractivity contribution >= 4 is 9.84 Å². The van der Waals surface area contributed by atoms with Crippen LogP contribution in [0.1, 0.15) is 12.0 Å². The van der Waals surface area contributed by atoms with E-state index in [1.807, 2.05) is 0 Å². The van der Waals surface area contributed by atoms with Gasteiger partial charge in [0.05, 0.1) is 17.1 Å². The second-order valence-corrected chi connectivity index (χ2v) is 7.12. The zero-order valence-electron chi connectivity index (χ0n) is 10.4. The Morgan fingerprint density at radius 1 is 1.25 bits per heavy atom. The van der Waals surface area contributed by atoms with Crippen LogP contribution in [0.5, 0.6) is 5.75 Å². The van der Waals surface area contributed by atoms with Crippen LogP contribution in [-0.2, 0) is 16.3 Å². The van der Waals surface area contributed by atoms with E-state index >= 15 is 0 Å². The number of aliphatic hydroxyl groups is 1. The number of halogens is 3. The maximum absolute atomic E-state index is 12.0. The first kappa shape index (κ1) is 15.1. The second kappa shape index (κ2) is 4.92. The molecule has 1 aliphatic heterocycles. The smallest absolute Gasteiger partial charge is 0.406 e. The summed E-state index contributed by atoms with van der Waals surface area (Å²) in [5.74, 6) is -0.744. The lowest BCUT2D eigenvalue weighted by atomic mass is 9.94. The van der Waals surface area contributed by atoms with E-state index in [9.17, 15) is 26.7 Å². The van der Waals surface area contributed by atoms with Crippen molar-refractivity contribution in [1.29, 1.82) is 0 Å². The molecule has 0 amide bonds. The topological polar surface area (TPSA) is 63.6 Å². The summed E-state index contributed by atoms with van der Waals surface area (Å²) >= 11 is 0. The summed E-state index contributed by atoms with van der Waals surface area (Å²) in [5.41, 5.74) is -0.787. The first-order valence-electron chi connectivity index (χ1n) is 5.85. The van der Waals surface area contributed by atoms with E-state index in [4.69, 9.17) is 0 Å². The van der Waals surface area contributed by atoms with Gasteiger partial charge < -0.3 is 9.84 Å². The van der Waals surface area contributed by atoms with Crippen LogP contribution in [0.3, 0.4) is 0 Å². The molecular weight excluding hydrogens is 297 g/mol. The lowest BCUT2D eigenvalue weighted by Crippen LogP contribution is -2.32. The summed E-state index contributed by atoms with van der Waals surface area (Å²) < 4.78 is 62.4. The third-order valence-corrected chi connectivity index (χ3v) is 4.86. The van der Waals surface area contributed by atoms with Crippen LogP contribution < -0.4 is 4.74 Å². The molecule has 0 aromatic heterocycles. The minimum atomic E-state index is -4.75. The summed E-state index contributed by atoms with van der Waals surface area (Å²) in [6.45, 7) is 0. The Bertz CT molecular complexity index is 580.